The van der Waals surface area contributed by atoms with E-state index in [1.54, 1.807) is 0 Å². The van der Waals surface area contributed by atoms with Crippen molar-refractivity contribution in [3.8, 4) is 0 Å². The molecule has 1 aliphatic rings. The second-order valence-electron chi connectivity index (χ2n) is 7.24. The first kappa shape index (κ1) is 29.1. The summed E-state index contributed by atoms with van der Waals surface area (Å²) in [6.07, 6.45) is -7.45. The van der Waals surface area contributed by atoms with E-state index in [1.165, 1.54) is 0 Å². The summed E-state index contributed by atoms with van der Waals surface area (Å²) in [6, 6.07) is 0. The Hall–Kier alpha value is -1.94. The first-order chi connectivity index (χ1) is 14.8. The molecule has 0 radical (unpaired) electrons. The normalized spacial score (nSPS) is 18.3. The van der Waals surface area contributed by atoms with Gasteiger partial charge in [-0.05, 0) is 32.6 Å². The molecular formula is C17H21F7O8S. The van der Waals surface area contributed by atoms with Crippen LogP contribution in [0.2, 0.25) is 0 Å². The molecule has 0 bridgehead atoms. The number of ether oxygens (including phenoxy) is 3. The minimum Gasteiger partial charge on any atom is -0.457 e. The Morgan fingerprint density at radius 1 is 1.03 bits per heavy atom. The smallest absolute Gasteiger partial charge is 0.457 e. The third kappa shape index (κ3) is 6.56. The highest BCUT2D eigenvalue weighted by Gasteiger charge is 2.69. The van der Waals surface area contributed by atoms with Crippen molar-refractivity contribution in [1.29, 1.82) is 0 Å². The molecular weight excluding hydrogens is 497 g/mol. The van der Waals surface area contributed by atoms with Crippen LogP contribution in [0.25, 0.3) is 0 Å². The summed E-state index contributed by atoms with van der Waals surface area (Å²) in [6.45, 7) is 1.83. The summed E-state index contributed by atoms with van der Waals surface area (Å²) in [4.78, 5) is 24.2. The van der Waals surface area contributed by atoms with Gasteiger partial charge in [0.1, 0.15) is 6.10 Å². The number of hydrogen-bond acceptors (Lipinski definition) is 7. The van der Waals surface area contributed by atoms with Crippen LogP contribution < -0.4 is 0 Å². The SMILES string of the molecule is C=C(C)C(=O)OC(OCCC(F)(F)C(F)(F)S(=O)(=O)O)(C(=O)OC1CCCCC1)C(F)(F)F. The Morgan fingerprint density at radius 3 is 1.97 bits per heavy atom. The van der Waals surface area contributed by atoms with Crippen molar-refractivity contribution >= 4 is 22.1 Å². The number of rotatable bonds is 10. The maximum atomic E-state index is 13.8. The van der Waals surface area contributed by atoms with Crippen molar-refractivity contribution < 1.29 is 67.5 Å². The van der Waals surface area contributed by atoms with E-state index < -0.39 is 69.9 Å². The quantitative estimate of drug-likeness (QED) is 0.153. The zero-order valence-electron chi connectivity index (χ0n) is 17.1. The molecule has 33 heavy (non-hydrogen) atoms. The summed E-state index contributed by atoms with van der Waals surface area (Å²) >= 11 is 0. The topological polar surface area (TPSA) is 116 Å². The number of carbonyl (C=O) groups is 2. The van der Waals surface area contributed by atoms with Crippen LogP contribution in [0.4, 0.5) is 30.7 Å². The molecule has 1 atom stereocenters. The molecule has 8 nitrogen and oxygen atoms in total. The first-order valence-electron chi connectivity index (χ1n) is 9.32. The zero-order chi connectivity index (χ0) is 25.9. The number of hydrogen-bond donors (Lipinski definition) is 1. The van der Waals surface area contributed by atoms with Crippen molar-refractivity contribution in [2.24, 2.45) is 0 Å². The van der Waals surface area contributed by atoms with E-state index in [4.69, 9.17) is 9.29 Å². The van der Waals surface area contributed by atoms with E-state index in [0.29, 0.717) is 19.3 Å². The Bertz CT molecular complexity index is 850. The molecule has 1 aliphatic carbocycles. The molecule has 1 fully saturated rings. The summed E-state index contributed by atoms with van der Waals surface area (Å²) in [5.41, 5.74) is -0.666. The second-order valence-corrected chi connectivity index (χ2v) is 8.71. The van der Waals surface area contributed by atoms with Crippen molar-refractivity contribution in [3.63, 3.8) is 0 Å². The standard InChI is InChI=1S/C17H21F7O8S/c1-10(2)12(25)32-15(16(20,21)22,13(26)31-11-6-4-3-5-7-11)30-9-8-14(18,19)17(23,24)33(27,28)29/h11H,1,3-9H2,2H3,(H,27,28,29). The van der Waals surface area contributed by atoms with E-state index in [2.05, 4.69) is 16.1 Å². The van der Waals surface area contributed by atoms with Crippen LogP contribution >= 0.6 is 0 Å². The van der Waals surface area contributed by atoms with Crippen molar-refractivity contribution in [3.05, 3.63) is 12.2 Å². The van der Waals surface area contributed by atoms with Gasteiger partial charge in [0.2, 0.25) is 0 Å². The molecule has 0 aromatic heterocycles. The molecule has 0 aromatic carbocycles. The monoisotopic (exact) mass is 518 g/mol. The lowest BCUT2D eigenvalue weighted by atomic mass is 9.98. The predicted molar refractivity (Wildman–Crippen MR) is 94.7 cm³/mol. The maximum Gasteiger partial charge on any atom is 0.468 e. The molecule has 0 spiro atoms. The molecule has 1 saturated carbocycles. The minimum absolute atomic E-state index is 0.146. The summed E-state index contributed by atoms with van der Waals surface area (Å²) in [5, 5.41) is -6.10. The third-order valence-corrected chi connectivity index (χ3v) is 5.47. The lowest BCUT2D eigenvalue weighted by molar-refractivity contribution is -0.358. The molecule has 0 aromatic rings. The van der Waals surface area contributed by atoms with Gasteiger partial charge >= 0.3 is 45.2 Å². The summed E-state index contributed by atoms with van der Waals surface area (Å²) < 4.78 is 138. The van der Waals surface area contributed by atoms with Crippen LogP contribution in [-0.2, 0) is 33.9 Å². The minimum atomic E-state index is -6.67. The van der Waals surface area contributed by atoms with Crippen molar-refractivity contribution in [2.45, 2.75) is 74.7 Å². The highest BCUT2D eigenvalue weighted by molar-refractivity contribution is 7.87. The van der Waals surface area contributed by atoms with Crippen LogP contribution in [0.3, 0.4) is 0 Å². The van der Waals surface area contributed by atoms with Gasteiger partial charge in [-0.15, -0.1) is 0 Å². The number of carbonyl (C=O) groups excluding carboxylic acids is 2. The fourth-order valence-corrected chi connectivity index (χ4v) is 3.15. The van der Waals surface area contributed by atoms with E-state index in [9.17, 15) is 48.7 Å². The molecule has 0 aliphatic heterocycles. The van der Waals surface area contributed by atoms with Gasteiger partial charge in [-0.1, -0.05) is 13.0 Å². The van der Waals surface area contributed by atoms with Crippen molar-refractivity contribution in [2.75, 3.05) is 6.61 Å². The van der Waals surface area contributed by atoms with Gasteiger partial charge in [-0.2, -0.15) is 39.2 Å². The Balaban J connectivity index is 3.26. The second kappa shape index (κ2) is 10.1. The lowest BCUT2D eigenvalue weighted by Gasteiger charge is -2.34. The van der Waals surface area contributed by atoms with Gasteiger partial charge in [0, 0.05) is 12.0 Å². The van der Waals surface area contributed by atoms with Gasteiger partial charge in [0.05, 0.1) is 6.61 Å². The highest BCUT2D eigenvalue weighted by Crippen LogP contribution is 2.42. The molecule has 1 N–H and O–H groups in total. The van der Waals surface area contributed by atoms with Crippen LogP contribution in [0.15, 0.2) is 12.2 Å². The van der Waals surface area contributed by atoms with Gasteiger partial charge in [-0.3, -0.25) is 4.55 Å². The Morgan fingerprint density at radius 2 is 1.55 bits per heavy atom. The van der Waals surface area contributed by atoms with Crippen molar-refractivity contribution in [1.82, 2.24) is 0 Å². The van der Waals surface area contributed by atoms with Gasteiger partial charge in [0.15, 0.2) is 0 Å². The van der Waals surface area contributed by atoms with E-state index in [-0.39, 0.29) is 12.8 Å². The van der Waals surface area contributed by atoms with Crippen LogP contribution in [-0.4, -0.2) is 60.8 Å². The maximum absolute atomic E-state index is 13.8. The van der Waals surface area contributed by atoms with Crippen LogP contribution in [0.5, 0.6) is 0 Å². The molecule has 0 amide bonds. The first-order valence-corrected chi connectivity index (χ1v) is 10.8. The average Bonchev–Trinajstić information content (AvgIpc) is 2.65. The number of alkyl halides is 7. The largest absolute Gasteiger partial charge is 0.468 e. The predicted octanol–water partition coefficient (Wildman–Crippen LogP) is 3.76. The molecule has 1 rings (SSSR count). The van der Waals surface area contributed by atoms with E-state index >= 15 is 0 Å². The van der Waals surface area contributed by atoms with Gasteiger partial charge < -0.3 is 14.2 Å². The zero-order valence-corrected chi connectivity index (χ0v) is 17.9. The van der Waals surface area contributed by atoms with Crippen LogP contribution in [0.1, 0.15) is 45.4 Å². The third-order valence-electron chi connectivity index (χ3n) is 4.52. The van der Waals surface area contributed by atoms with Crippen LogP contribution in [0, 0.1) is 0 Å². The summed E-state index contributed by atoms with van der Waals surface area (Å²) in [7, 11) is -6.67. The molecule has 1 unspecified atom stereocenters. The fourth-order valence-electron chi connectivity index (χ4n) is 2.67. The molecule has 0 saturated heterocycles. The number of esters is 2. The van der Waals surface area contributed by atoms with E-state index in [0.717, 1.165) is 6.92 Å². The fraction of sp³-hybridized carbons (Fsp3) is 0.765. The number of halogens is 7. The highest BCUT2D eigenvalue weighted by atomic mass is 32.2. The molecule has 0 heterocycles. The average molecular weight is 518 g/mol. The molecule has 16 heteroatoms. The Labute approximate surface area is 183 Å². The lowest BCUT2D eigenvalue weighted by Crippen LogP contribution is -2.59. The molecule has 192 valence electrons. The van der Waals surface area contributed by atoms with E-state index in [1.807, 2.05) is 0 Å². The Kier molecular flexibility index (Phi) is 8.93. The van der Waals surface area contributed by atoms with Gasteiger partial charge in [-0.25, -0.2) is 9.59 Å². The summed E-state index contributed by atoms with van der Waals surface area (Å²) in [5.74, 6) is -14.5. The van der Waals surface area contributed by atoms with Gasteiger partial charge in [0.25, 0.3) is 0 Å².